The van der Waals surface area contributed by atoms with E-state index in [4.69, 9.17) is 9.88 Å². The smallest absolute Gasteiger partial charge is 0.225 e. The van der Waals surface area contributed by atoms with Crippen LogP contribution < -0.4 is 10.5 Å². The number of sulfonamides is 1. The summed E-state index contributed by atoms with van der Waals surface area (Å²) in [5.41, 5.74) is 0. The lowest BCUT2D eigenvalue weighted by Crippen LogP contribution is -2.48. The second-order valence-electron chi connectivity index (χ2n) is 6.57. The Morgan fingerprint density at radius 2 is 2.09 bits per heavy atom. The van der Waals surface area contributed by atoms with Crippen LogP contribution in [0.2, 0.25) is 0 Å². The summed E-state index contributed by atoms with van der Waals surface area (Å²) < 4.78 is 28.6. The third-order valence-electron chi connectivity index (χ3n) is 5.26. The maximum atomic E-state index is 12.5. The van der Waals surface area contributed by atoms with Gasteiger partial charge in [0.2, 0.25) is 15.9 Å². The molecule has 0 aromatic rings. The fraction of sp³-hybridized carbons (Fsp3) is 0.933. The summed E-state index contributed by atoms with van der Waals surface area (Å²) in [4.78, 5) is 14.9. The van der Waals surface area contributed by atoms with Gasteiger partial charge in [-0.15, -0.1) is 0 Å². The number of carbonyl (C=O) groups is 1. The van der Waals surface area contributed by atoms with Gasteiger partial charge in [0.25, 0.3) is 0 Å². The predicted octanol–water partition coefficient (Wildman–Crippen LogP) is 0.0591. The van der Waals surface area contributed by atoms with Crippen molar-refractivity contribution in [2.45, 2.75) is 56.4 Å². The zero-order valence-corrected chi connectivity index (χ0v) is 14.8. The molecule has 134 valence electrons. The van der Waals surface area contributed by atoms with Crippen LogP contribution in [0.25, 0.3) is 0 Å². The van der Waals surface area contributed by atoms with E-state index in [1.54, 1.807) is 7.11 Å². The zero-order chi connectivity index (χ0) is 17.0. The Morgan fingerprint density at radius 3 is 2.70 bits per heavy atom. The molecule has 0 bridgehead atoms. The highest BCUT2D eigenvalue weighted by Crippen LogP contribution is 2.30. The average molecular weight is 347 g/mol. The van der Waals surface area contributed by atoms with Gasteiger partial charge < -0.3 is 10.1 Å². The van der Waals surface area contributed by atoms with Crippen LogP contribution in [0.4, 0.5) is 0 Å². The van der Waals surface area contributed by atoms with Gasteiger partial charge in [0.15, 0.2) is 0 Å². The van der Waals surface area contributed by atoms with Crippen LogP contribution in [0.5, 0.6) is 0 Å². The highest BCUT2D eigenvalue weighted by molar-refractivity contribution is 7.89. The number of carbonyl (C=O) groups excluding carboxylic acids is 1. The van der Waals surface area contributed by atoms with E-state index in [-0.39, 0.29) is 18.4 Å². The lowest BCUT2D eigenvalue weighted by Gasteiger charge is -2.34. The minimum Gasteiger partial charge on any atom is -0.381 e. The molecule has 0 aromatic heterocycles. The highest BCUT2D eigenvalue weighted by Gasteiger charge is 2.39. The highest BCUT2D eigenvalue weighted by atomic mass is 32.2. The van der Waals surface area contributed by atoms with Crippen LogP contribution in [0.3, 0.4) is 0 Å². The summed E-state index contributed by atoms with van der Waals surface area (Å²) in [6.45, 7) is 4.80. The Balaban J connectivity index is 1.94. The lowest BCUT2D eigenvalue weighted by atomic mass is 9.85. The minimum absolute atomic E-state index is 0.117. The summed E-state index contributed by atoms with van der Waals surface area (Å²) in [5, 5.41) is 7.61. The first kappa shape index (κ1) is 18.6. The lowest BCUT2D eigenvalue weighted by molar-refractivity contribution is -0.131. The number of nitrogens with zero attached hydrogens (tertiary/aromatic N) is 1. The standard InChI is InChI=1S/C15H29N3O4S/c1-3-18-8-4-5-11(18)10-17-15(19)13-9-12(23(16,20)21)6-7-14(13)22-2/h11-14H,3-10H2,1-2H3,(H,17,19)(H2,16,20,21). The molecule has 4 unspecified atom stereocenters. The molecule has 1 saturated heterocycles. The number of amides is 1. The number of nitrogens with one attached hydrogen (secondary N) is 1. The third kappa shape index (κ3) is 4.65. The number of methoxy groups -OCH3 is 1. The fourth-order valence-corrected chi connectivity index (χ4v) is 4.79. The summed E-state index contributed by atoms with van der Waals surface area (Å²) in [7, 11) is -2.04. The minimum atomic E-state index is -3.61. The van der Waals surface area contributed by atoms with Crippen molar-refractivity contribution in [3.05, 3.63) is 0 Å². The van der Waals surface area contributed by atoms with Gasteiger partial charge in [0, 0.05) is 19.7 Å². The maximum Gasteiger partial charge on any atom is 0.225 e. The number of ether oxygens (including phenoxy) is 1. The number of likely N-dealkylation sites (tertiary alicyclic amines) is 1. The normalized spacial score (nSPS) is 32.8. The zero-order valence-electron chi connectivity index (χ0n) is 14.0. The number of nitrogens with two attached hydrogens (primary N) is 1. The molecule has 2 aliphatic rings. The molecule has 1 saturated carbocycles. The van der Waals surface area contributed by atoms with Crippen LogP contribution in [-0.2, 0) is 19.6 Å². The van der Waals surface area contributed by atoms with E-state index in [9.17, 15) is 13.2 Å². The molecular weight excluding hydrogens is 318 g/mol. The summed E-state index contributed by atoms with van der Waals surface area (Å²) in [6, 6.07) is 0.377. The molecule has 1 heterocycles. The van der Waals surface area contributed by atoms with Crippen molar-refractivity contribution in [3.8, 4) is 0 Å². The Hall–Kier alpha value is -0.700. The molecule has 4 atom stereocenters. The van der Waals surface area contributed by atoms with Gasteiger partial charge in [-0.1, -0.05) is 6.92 Å². The van der Waals surface area contributed by atoms with Crippen molar-refractivity contribution in [2.75, 3.05) is 26.7 Å². The van der Waals surface area contributed by atoms with Gasteiger partial charge in [0.05, 0.1) is 17.3 Å². The Morgan fingerprint density at radius 1 is 1.35 bits per heavy atom. The van der Waals surface area contributed by atoms with Crippen LogP contribution in [0, 0.1) is 5.92 Å². The second-order valence-corrected chi connectivity index (χ2v) is 8.42. The molecule has 23 heavy (non-hydrogen) atoms. The van der Waals surface area contributed by atoms with Crippen LogP contribution in [0.1, 0.15) is 39.0 Å². The quantitative estimate of drug-likeness (QED) is 0.707. The number of primary sulfonamides is 1. The fourth-order valence-electron chi connectivity index (χ4n) is 3.85. The largest absolute Gasteiger partial charge is 0.381 e. The van der Waals surface area contributed by atoms with Gasteiger partial charge in [0.1, 0.15) is 0 Å². The topological polar surface area (TPSA) is 102 Å². The predicted molar refractivity (Wildman–Crippen MR) is 88.3 cm³/mol. The molecule has 1 aliphatic carbocycles. The van der Waals surface area contributed by atoms with Crippen molar-refractivity contribution < 1.29 is 17.9 Å². The van der Waals surface area contributed by atoms with Gasteiger partial charge in [-0.25, -0.2) is 13.6 Å². The number of likely N-dealkylation sites (N-methyl/N-ethyl adjacent to an activating group) is 1. The summed E-state index contributed by atoms with van der Waals surface area (Å²) >= 11 is 0. The summed E-state index contributed by atoms with van der Waals surface area (Å²) in [6.07, 6.45) is 3.25. The first-order chi connectivity index (χ1) is 10.9. The van der Waals surface area contributed by atoms with Crippen molar-refractivity contribution in [3.63, 3.8) is 0 Å². The Bertz CT molecular complexity index is 511. The van der Waals surface area contributed by atoms with E-state index in [0.29, 0.717) is 25.4 Å². The third-order valence-corrected chi connectivity index (χ3v) is 6.62. The van der Waals surface area contributed by atoms with E-state index in [2.05, 4.69) is 17.1 Å². The molecule has 1 aliphatic heterocycles. The first-order valence-electron chi connectivity index (χ1n) is 8.43. The van der Waals surface area contributed by atoms with E-state index in [0.717, 1.165) is 25.9 Å². The molecule has 3 N–H and O–H groups in total. The molecule has 0 aromatic carbocycles. The van der Waals surface area contributed by atoms with Crippen molar-refractivity contribution in [2.24, 2.45) is 11.1 Å². The molecule has 2 fully saturated rings. The molecule has 1 amide bonds. The monoisotopic (exact) mass is 347 g/mol. The Labute approximate surface area is 139 Å². The van der Waals surface area contributed by atoms with Crippen molar-refractivity contribution in [1.82, 2.24) is 10.2 Å². The maximum absolute atomic E-state index is 12.5. The molecule has 7 nitrogen and oxygen atoms in total. The Kier molecular flexibility index (Phi) is 6.41. The van der Waals surface area contributed by atoms with Crippen molar-refractivity contribution in [1.29, 1.82) is 0 Å². The molecule has 0 radical (unpaired) electrons. The van der Waals surface area contributed by atoms with E-state index in [1.807, 2.05) is 0 Å². The number of hydrogen-bond donors (Lipinski definition) is 2. The second kappa shape index (κ2) is 7.92. The molecule has 2 rings (SSSR count). The van der Waals surface area contributed by atoms with Gasteiger partial charge in [-0.05, 0) is 45.2 Å². The molecule has 8 heteroatoms. The van der Waals surface area contributed by atoms with E-state index < -0.39 is 21.2 Å². The van der Waals surface area contributed by atoms with E-state index >= 15 is 0 Å². The summed E-state index contributed by atoms with van der Waals surface area (Å²) in [5.74, 6) is -0.568. The SMILES string of the molecule is CCN1CCCC1CNC(=O)C1CC(S(N)(=O)=O)CCC1OC. The van der Waals surface area contributed by atoms with Gasteiger partial charge in [-0.3, -0.25) is 9.69 Å². The molecule has 0 spiro atoms. The average Bonchev–Trinajstić information content (AvgIpc) is 2.98. The number of rotatable bonds is 6. The van der Waals surface area contributed by atoms with Crippen LogP contribution in [0.15, 0.2) is 0 Å². The van der Waals surface area contributed by atoms with E-state index in [1.165, 1.54) is 0 Å². The van der Waals surface area contributed by atoms with Crippen molar-refractivity contribution >= 4 is 15.9 Å². The van der Waals surface area contributed by atoms with Crippen LogP contribution >= 0.6 is 0 Å². The van der Waals surface area contributed by atoms with Gasteiger partial charge >= 0.3 is 0 Å². The van der Waals surface area contributed by atoms with Gasteiger partial charge in [-0.2, -0.15) is 0 Å². The number of hydrogen-bond acceptors (Lipinski definition) is 5. The van der Waals surface area contributed by atoms with Crippen LogP contribution in [-0.4, -0.2) is 63.4 Å². The molecular formula is C15H29N3O4S. The first-order valence-corrected chi connectivity index (χ1v) is 10.0.